The summed E-state index contributed by atoms with van der Waals surface area (Å²) < 4.78 is 0. The van der Waals surface area contributed by atoms with Gasteiger partial charge in [-0.2, -0.15) is 0 Å². The van der Waals surface area contributed by atoms with E-state index in [1.165, 1.54) is 22.7 Å². The summed E-state index contributed by atoms with van der Waals surface area (Å²) in [6.45, 7) is 4.15. The molecule has 1 aromatic heterocycles. The number of rotatable bonds is 4. The molecule has 0 saturated heterocycles. The van der Waals surface area contributed by atoms with Crippen molar-refractivity contribution >= 4 is 45.0 Å². The largest absolute Gasteiger partial charge is 0.325 e. The Bertz CT molecular complexity index is 1150. The van der Waals surface area contributed by atoms with E-state index in [4.69, 9.17) is 4.98 Å². The first-order valence-corrected chi connectivity index (χ1v) is 9.87. The molecule has 1 N–H and O–H groups in total. The molecule has 0 saturated carbocycles. The van der Waals surface area contributed by atoms with Crippen molar-refractivity contribution in [1.82, 2.24) is 4.98 Å². The summed E-state index contributed by atoms with van der Waals surface area (Å²) >= 11 is 1.47. The maximum Gasteiger partial charge on any atom is 0.234 e. The SMILES string of the molecule is Cc1cc(SCC(=O)Nc2ccc3ccccc3c2)nc2c(C)cccc12. The molecule has 4 heteroatoms. The van der Waals surface area contributed by atoms with E-state index in [9.17, 15) is 4.79 Å². The molecule has 0 aliphatic carbocycles. The van der Waals surface area contributed by atoms with E-state index in [2.05, 4.69) is 49.5 Å². The standard InChI is InChI=1S/C23H20N2OS/c1-15-6-5-9-20-16(2)12-22(25-23(15)20)27-14-21(26)24-19-11-10-17-7-3-4-8-18(17)13-19/h3-13H,14H2,1-2H3,(H,24,26). The Kier molecular flexibility index (Phi) is 4.82. The predicted octanol–water partition coefficient (Wildman–Crippen LogP) is 5.74. The summed E-state index contributed by atoms with van der Waals surface area (Å²) in [6.07, 6.45) is 0. The third kappa shape index (κ3) is 3.81. The number of fused-ring (bicyclic) bond motifs is 2. The second-order valence-electron chi connectivity index (χ2n) is 6.65. The Morgan fingerprint density at radius 3 is 2.59 bits per heavy atom. The molecule has 0 spiro atoms. The van der Waals surface area contributed by atoms with Gasteiger partial charge in [0.1, 0.15) is 0 Å². The number of thioether (sulfide) groups is 1. The van der Waals surface area contributed by atoms with E-state index < -0.39 is 0 Å². The zero-order chi connectivity index (χ0) is 18.8. The van der Waals surface area contributed by atoms with Crippen molar-refractivity contribution in [1.29, 1.82) is 0 Å². The highest BCUT2D eigenvalue weighted by atomic mass is 32.2. The molecule has 4 rings (SSSR count). The Labute approximate surface area is 162 Å². The molecule has 0 bridgehead atoms. The van der Waals surface area contributed by atoms with E-state index in [0.717, 1.165) is 32.6 Å². The van der Waals surface area contributed by atoms with E-state index in [-0.39, 0.29) is 5.91 Å². The molecule has 0 radical (unpaired) electrons. The number of anilines is 1. The number of aryl methyl sites for hydroxylation is 2. The van der Waals surface area contributed by atoms with Gasteiger partial charge < -0.3 is 5.32 Å². The predicted molar refractivity (Wildman–Crippen MR) is 115 cm³/mol. The van der Waals surface area contributed by atoms with Crippen LogP contribution < -0.4 is 5.32 Å². The van der Waals surface area contributed by atoms with Gasteiger partial charge in [0.15, 0.2) is 0 Å². The highest BCUT2D eigenvalue weighted by molar-refractivity contribution is 7.99. The van der Waals surface area contributed by atoms with Crippen molar-refractivity contribution < 1.29 is 4.79 Å². The van der Waals surface area contributed by atoms with Crippen molar-refractivity contribution in [3.05, 3.63) is 77.9 Å². The molecule has 0 aliphatic heterocycles. The van der Waals surface area contributed by atoms with Gasteiger partial charge in [-0.3, -0.25) is 4.79 Å². The van der Waals surface area contributed by atoms with E-state index in [1.807, 2.05) is 36.4 Å². The van der Waals surface area contributed by atoms with E-state index in [0.29, 0.717) is 5.75 Å². The normalized spacial score (nSPS) is 11.0. The van der Waals surface area contributed by atoms with Crippen LogP contribution >= 0.6 is 11.8 Å². The smallest absolute Gasteiger partial charge is 0.234 e. The van der Waals surface area contributed by atoms with Crippen LogP contribution in [0, 0.1) is 13.8 Å². The summed E-state index contributed by atoms with van der Waals surface area (Å²) in [5.74, 6) is 0.302. The molecule has 0 aliphatic rings. The first-order valence-electron chi connectivity index (χ1n) is 8.88. The Hall–Kier alpha value is -2.85. The lowest BCUT2D eigenvalue weighted by Crippen LogP contribution is -2.14. The molecule has 0 unspecified atom stereocenters. The minimum absolute atomic E-state index is 0.0281. The van der Waals surface area contributed by atoms with Gasteiger partial charge in [-0.15, -0.1) is 0 Å². The summed E-state index contributed by atoms with van der Waals surface area (Å²) in [5.41, 5.74) is 4.16. The van der Waals surface area contributed by atoms with Crippen LogP contribution in [-0.4, -0.2) is 16.6 Å². The fraction of sp³-hybridized carbons (Fsp3) is 0.130. The maximum absolute atomic E-state index is 12.4. The van der Waals surface area contributed by atoms with Gasteiger partial charge in [0, 0.05) is 11.1 Å². The van der Waals surface area contributed by atoms with Crippen molar-refractivity contribution in [3.63, 3.8) is 0 Å². The molecular weight excluding hydrogens is 352 g/mol. The molecular formula is C23H20N2OS. The Morgan fingerprint density at radius 1 is 0.926 bits per heavy atom. The van der Waals surface area contributed by atoms with Crippen LogP contribution in [-0.2, 0) is 4.79 Å². The average Bonchev–Trinajstić information content (AvgIpc) is 2.67. The van der Waals surface area contributed by atoms with Crippen LogP contribution in [0.25, 0.3) is 21.7 Å². The van der Waals surface area contributed by atoms with Crippen molar-refractivity contribution in [3.8, 4) is 0 Å². The fourth-order valence-corrected chi connectivity index (χ4v) is 3.98. The second-order valence-corrected chi connectivity index (χ2v) is 7.64. The Balaban J connectivity index is 1.47. The van der Waals surface area contributed by atoms with E-state index in [1.54, 1.807) is 0 Å². The fourth-order valence-electron chi connectivity index (χ4n) is 3.21. The number of aromatic nitrogens is 1. The van der Waals surface area contributed by atoms with Gasteiger partial charge in [0.2, 0.25) is 5.91 Å². The van der Waals surface area contributed by atoms with Crippen LogP contribution in [0.4, 0.5) is 5.69 Å². The summed E-state index contributed by atoms with van der Waals surface area (Å²) in [5, 5.41) is 7.30. The molecule has 1 heterocycles. The van der Waals surface area contributed by atoms with Gasteiger partial charge in [0.25, 0.3) is 0 Å². The lowest BCUT2D eigenvalue weighted by Gasteiger charge is -2.09. The van der Waals surface area contributed by atoms with Gasteiger partial charge in [-0.1, -0.05) is 60.3 Å². The third-order valence-corrected chi connectivity index (χ3v) is 5.52. The number of nitrogens with one attached hydrogen (secondary N) is 1. The van der Waals surface area contributed by atoms with Crippen molar-refractivity contribution in [2.45, 2.75) is 18.9 Å². The van der Waals surface area contributed by atoms with Crippen LogP contribution in [0.15, 0.2) is 71.8 Å². The molecule has 3 nitrogen and oxygen atoms in total. The number of carbonyl (C=O) groups is 1. The molecule has 4 aromatic rings. The minimum Gasteiger partial charge on any atom is -0.325 e. The van der Waals surface area contributed by atoms with Crippen LogP contribution in [0.5, 0.6) is 0 Å². The zero-order valence-electron chi connectivity index (χ0n) is 15.3. The molecule has 27 heavy (non-hydrogen) atoms. The molecule has 134 valence electrons. The monoisotopic (exact) mass is 372 g/mol. The number of nitrogens with zero attached hydrogens (tertiary/aromatic N) is 1. The summed E-state index contributed by atoms with van der Waals surface area (Å²) in [4.78, 5) is 17.1. The molecule has 0 fully saturated rings. The minimum atomic E-state index is -0.0281. The average molecular weight is 372 g/mol. The number of hydrogen-bond acceptors (Lipinski definition) is 3. The number of carbonyl (C=O) groups excluding carboxylic acids is 1. The first kappa shape index (κ1) is 17.6. The van der Waals surface area contributed by atoms with Gasteiger partial charge in [-0.05, 0) is 53.9 Å². The Morgan fingerprint density at radius 2 is 1.74 bits per heavy atom. The summed E-state index contributed by atoms with van der Waals surface area (Å²) in [7, 11) is 0. The number of hydrogen-bond donors (Lipinski definition) is 1. The van der Waals surface area contributed by atoms with Crippen molar-refractivity contribution in [2.24, 2.45) is 0 Å². The molecule has 3 aromatic carbocycles. The van der Waals surface area contributed by atoms with Gasteiger partial charge >= 0.3 is 0 Å². The maximum atomic E-state index is 12.4. The number of para-hydroxylation sites is 1. The lowest BCUT2D eigenvalue weighted by atomic mass is 10.1. The number of amides is 1. The van der Waals surface area contributed by atoms with Crippen LogP contribution in [0.2, 0.25) is 0 Å². The zero-order valence-corrected chi connectivity index (χ0v) is 16.1. The van der Waals surface area contributed by atoms with Crippen molar-refractivity contribution in [2.75, 3.05) is 11.1 Å². The highest BCUT2D eigenvalue weighted by Gasteiger charge is 2.09. The summed E-state index contributed by atoms with van der Waals surface area (Å²) in [6, 6.07) is 22.3. The quantitative estimate of drug-likeness (QED) is 0.465. The lowest BCUT2D eigenvalue weighted by molar-refractivity contribution is -0.113. The van der Waals surface area contributed by atoms with E-state index >= 15 is 0 Å². The second kappa shape index (κ2) is 7.41. The topological polar surface area (TPSA) is 42.0 Å². The van der Waals surface area contributed by atoms with Gasteiger partial charge in [-0.25, -0.2) is 4.98 Å². The third-order valence-electron chi connectivity index (χ3n) is 4.61. The van der Waals surface area contributed by atoms with Crippen LogP contribution in [0.3, 0.4) is 0 Å². The molecule has 1 amide bonds. The van der Waals surface area contributed by atoms with Gasteiger partial charge in [0.05, 0.1) is 16.3 Å². The number of benzene rings is 3. The van der Waals surface area contributed by atoms with Crippen LogP contribution in [0.1, 0.15) is 11.1 Å². The first-order chi connectivity index (χ1) is 13.1. The molecule has 0 atom stereocenters. The highest BCUT2D eigenvalue weighted by Crippen LogP contribution is 2.26. The number of pyridine rings is 1.